The summed E-state index contributed by atoms with van der Waals surface area (Å²) in [5, 5.41) is 18.5. The van der Waals surface area contributed by atoms with E-state index >= 15 is 0 Å². The Morgan fingerprint density at radius 1 is 1.41 bits per heavy atom. The molecule has 4 nitrogen and oxygen atoms in total. The van der Waals surface area contributed by atoms with Crippen LogP contribution in [0.2, 0.25) is 0 Å². The van der Waals surface area contributed by atoms with Gasteiger partial charge < -0.3 is 15.1 Å². The Kier molecular flexibility index (Phi) is 4.77. The summed E-state index contributed by atoms with van der Waals surface area (Å²) in [6.07, 6.45) is -7.11. The second-order valence-electron chi connectivity index (χ2n) is 4.82. The fraction of sp³-hybridized carbons (Fsp3) is 1.00. The zero-order chi connectivity index (χ0) is 13.2. The summed E-state index contributed by atoms with van der Waals surface area (Å²) in [7, 11) is 3.64. The topological polar surface area (TPSA) is 46.9 Å². The highest BCUT2D eigenvalue weighted by Gasteiger charge is 2.42. The van der Waals surface area contributed by atoms with Crippen LogP contribution in [0.5, 0.6) is 0 Å². The zero-order valence-corrected chi connectivity index (χ0v) is 9.98. The van der Waals surface area contributed by atoms with Gasteiger partial charge in [0.05, 0.1) is 6.10 Å². The molecule has 17 heavy (non-hydrogen) atoms. The van der Waals surface area contributed by atoms with E-state index in [1.807, 2.05) is 19.0 Å². The van der Waals surface area contributed by atoms with E-state index in [9.17, 15) is 18.3 Å². The average molecular weight is 256 g/mol. The third-order valence-electron chi connectivity index (χ3n) is 2.87. The quantitative estimate of drug-likeness (QED) is 0.738. The first-order valence-corrected chi connectivity index (χ1v) is 5.51. The highest BCUT2D eigenvalue weighted by Crippen LogP contribution is 2.24. The number of β-amino-alcohol motifs (C(OH)–C–C–N with tert-alkyl or cyclic N) is 2. The standard InChI is InChI=1S/C10H19F3N2O2/c1-14(2)4-7-3-8(16)5-15(7)6-9(17)10(11,12)13/h7-9,16-17H,3-6H2,1-2H3. The van der Waals surface area contributed by atoms with Crippen molar-refractivity contribution in [3.05, 3.63) is 0 Å². The van der Waals surface area contributed by atoms with Gasteiger partial charge in [-0.25, -0.2) is 0 Å². The normalized spacial score (nSPS) is 28.9. The van der Waals surface area contributed by atoms with Crippen molar-refractivity contribution in [3.8, 4) is 0 Å². The molecule has 0 saturated carbocycles. The van der Waals surface area contributed by atoms with Gasteiger partial charge in [0, 0.05) is 25.7 Å². The third kappa shape index (κ3) is 4.42. The Morgan fingerprint density at radius 3 is 2.47 bits per heavy atom. The lowest BCUT2D eigenvalue weighted by molar-refractivity contribution is -0.208. The number of likely N-dealkylation sites (N-methyl/N-ethyl adjacent to an activating group) is 1. The molecule has 0 amide bonds. The number of likely N-dealkylation sites (tertiary alicyclic amines) is 1. The van der Waals surface area contributed by atoms with Gasteiger partial charge in [-0.1, -0.05) is 0 Å². The molecule has 1 rings (SSSR count). The molecule has 3 atom stereocenters. The summed E-state index contributed by atoms with van der Waals surface area (Å²) in [6.45, 7) is 0.284. The molecule has 1 saturated heterocycles. The molecule has 0 aliphatic carbocycles. The Balaban J connectivity index is 2.55. The van der Waals surface area contributed by atoms with Crippen LogP contribution in [0.1, 0.15) is 6.42 Å². The van der Waals surface area contributed by atoms with E-state index < -0.39 is 24.9 Å². The van der Waals surface area contributed by atoms with Gasteiger partial charge in [-0.05, 0) is 20.5 Å². The zero-order valence-electron chi connectivity index (χ0n) is 9.98. The third-order valence-corrected chi connectivity index (χ3v) is 2.87. The largest absolute Gasteiger partial charge is 0.415 e. The van der Waals surface area contributed by atoms with Crippen LogP contribution in [0.15, 0.2) is 0 Å². The molecular weight excluding hydrogens is 237 g/mol. The highest BCUT2D eigenvalue weighted by molar-refractivity contribution is 4.88. The van der Waals surface area contributed by atoms with Gasteiger partial charge in [0.15, 0.2) is 6.10 Å². The Morgan fingerprint density at radius 2 is 2.00 bits per heavy atom. The first kappa shape index (κ1) is 14.7. The Bertz CT molecular complexity index is 248. The van der Waals surface area contributed by atoms with E-state index in [4.69, 9.17) is 5.11 Å². The Labute approximate surface area is 98.6 Å². The number of aliphatic hydroxyl groups excluding tert-OH is 2. The summed E-state index contributed by atoms with van der Waals surface area (Å²) < 4.78 is 36.7. The number of halogens is 3. The summed E-state index contributed by atoms with van der Waals surface area (Å²) in [5.41, 5.74) is 0. The molecular formula is C10H19F3N2O2. The van der Waals surface area contributed by atoms with Crippen molar-refractivity contribution in [2.24, 2.45) is 0 Å². The van der Waals surface area contributed by atoms with E-state index in [-0.39, 0.29) is 12.6 Å². The maximum Gasteiger partial charge on any atom is 0.415 e. The number of rotatable bonds is 4. The van der Waals surface area contributed by atoms with Crippen molar-refractivity contribution in [1.29, 1.82) is 0 Å². The lowest BCUT2D eigenvalue weighted by atomic mass is 10.2. The summed E-state index contributed by atoms with van der Waals surface area (Å²) >= 11 is 0. The van der Waals surface area contributed by atoms with Crippen molar-refractivity contribution in [2.45, 2.75) is 30.8 Å². The van der Waals surface area contributed by atoms with Crippen LogP contribution < -0.4 is 0 Å². The number of aliphatic hydroxyl groups is 2. The molecule has 0 aromatic heterocycles. The fourth-order valence-electron chi connectivity index (χ4n) is 2.12. The average Bonchev–Trinajstić information content (AvgIpc) is 2.43. The van der Waals surface area contributed by atoms with Crippen LogP contribution in [0, 0.1) is 0 Å². The van der Waals surface area contributed by atoms with Gasteiger partial charge in [-0.2, -0.15) is 13.2 Å². The van der Waals surface area contributed by atoms with Crippen LogP contribution >= 0.6 is 0 Å². The number of hydrogen-bond acceptors (Lipinski definition) is 4. The molecule has 1 aliphatic heterocycles. The van der Waals surface area contributed by atoms with Gasteiger partial charge in [0.25, 0.3) is 0 Å². The molecule has 0 bridgehead atoms. The lowest BCUT2D eigenvalue weighted by Crippen LogP contribution is -2.45. The second-order valence-corrected chi connectivity index (χ2v) is 4.82. The van der Waals surface area contributed by atoms with Crippen LogP contribution in [0.25, 0.3) is 0 Å². The molecule has 7 heteroatoms. The lowest BCUT2D eigenvalue weighted by Gasteiger charge is -2.29. The SMILES string of the molecule is CN(C)CC1CC(O)CN1CC(O)C(F)(F)F. The van der Waals surface area contributed by atoms with Crippen molar-refractivity contribution in [1.82, 2.24) is 9.80 Å². The monoisotopic (exact) mass is 256 g/mol. The molecule has 3 unspecified atom stereocenters. The van der Waals surface area contributed by atoms with Crippen molar-refractivity contribution in [2.75, 3.05) is 33.7 Å². The summed E-state index contributed by atoms with van der Waals surface area (Å²) in [4.78, 5) is 3.36. The maximum atomic E-state index is 12.2. The maximum absolute atomic E-state index is 12.2. The van der Waals surface area contributed by atoms with Gasteiger partial charge in [0.1, 0.15) is 0 Å². The summed E-state index contributed by atoms with van der Waals surface area (Å²) in [6, 6.07) is -0.142. The molecule has 2 N–H and O–H groups in total. The van der Waals surface area contributed by atoms with Gasteiger partial charge in [0.2, 0.25) is 0 Å². The molecule has 0 aromatic carbocycles. The fourth-order valence-corrected chi connectivity index (χ4v) is 2.12. The predicted molar refractivity (Wildman–Crippen MR) is 56.6 cm³/mol. The first-order chi connectivity index (χ1) is 7.70. The molecule has 1 fully saturated rings. The van der Waals surface area contributed by atoms with E-state index in [0.717, 1.165) is 0 Å². The van der Waals surface area contributed by atoms with Gasteiger partial charge in [-0.3, -0.25) is 4.90 Å². The molecule has 0 radical (unpaired) electrons. The van der Waals surface area contributed by atoms with E-state index in [1.54, 1.807) is 0 Å². The van der Waals surface area contributed by atoms with Crippen molar-refractivity contribution >= 4 is 0 Å². The number of nitrogens with zero attached hydrogens (tertiary/aromatic N) is 2. The molecule has 1 aliphatic rings. The predicted octanol–water partition coefficient (Wildman–Crippen LogP) is -0.0936. The van der Waals surface area contributed by atoms with Crippen LogP contribution in [0.3, 0.4) is 0 Å². The van der Waals surface area contributed by atoms with Crippen molar-refractivity contribution < 1.29 is 23.4 Å². The Hall–Kier alpha value is -0.370. The molecule has 1 heterocycles. The first-order valence-electron chi connectivity index (χ1n) is 5.51. The molecule has 0 spiro atoms. The van der Waals surface area contributed by atoms with E-state index in [2.05, 4.69) is 0 Å². The van der Waals surface area contributed by atoms with Gasteiger partial charge in [-0.15, -0.1) is 0 Å². The van der Waals surface area contributed by atoms with E-state index in [0.29, 0.717) is 13.0 Å². The van der Waals surface area contributed by atoms with E-state index in [1.165, 1.54) is 4.90 Å². The summed E-state index contributed by atoms with van der Waals surface area (Å²) in [5.74, 6) is 0. The number of alkyl halides is 3. The number of hydrogen-bond donors (Lipinski definition) is 2. The van der Waals surface area contributed by atoms with Crippen molar-refractivity contribution in [3.63, 3.8) is 0 Å². The molecule has 0 aromatic rings. The van der Waals surface area contributed by atoms with Crippen LogP contribution in [0.4, 0.5) is 13.2 Å². The smallest absolute Gasteiger partial charge is 0.392 e. The minimum absolute atomic E-state index is 0.142. The minimum Gasteiger partial charge on any atom is -0.392 e. The second kappa shape index (κ2) is 5.51. The van der Waals surface area contributed by atoms with Gasteiger partial charge >= 0.3 is 6.18 Å². The van der Waals surface area contributed by atoms with Crippen LogP contribution in [-0.2, 0) is 0 Å². The van der Waals surface area contributed by atoms with Crippen LogP contribution in [-0.4, -0.2) is 78.2 Å². The highest BCUT2D eigenvalue weighted by atomic mass is 19.4. The minimum atomic E-state index is -4.60. The molecule has 102 valence electrons.